The molecule has 0 unspecified atom stereocenters. The van der Waals surface area contributed by atoms with E-state index in [1.165, 1.54) is 23.5 Å². The molecule has 7 nitrogen and oxygen atoms in total. The molecule has 3 rings (SSSR count). The zero-order chi connectivity index (χ0) is 22.9. The van der Waals surface area contributed by atoms with E-state index in [-0.39, 0.29) is 18.2 Å². The van der Waals surface area contributed by atoms with E-state index < -0.39 is 5.91 Å². The molecule has 0 radical (unpaired) electrons. The first-order valence-electron chi connectivity index (χ1n) is 10.3. The molecule has 1 aromatic carbocycles. The van der Waals surface area contributed by atoms with Gasteiger partial charge in [0.1, 0.15) is 4.32 Å². The van der Waals surface area contributed by atoms with Gasteiger partial charge in [0.2, 0.25) is 5.91 Å². The SMILES string of the molecule is Cc1ccc(/C=C2\SC(=S)N(CCCCCC(=O)NNC(=O)c3cccnc3)C2=O)cc1. The number of carbonyl (C=O) groups excluding carboxylic acids is 3. The summed E-state index contributed by atoms with van der Waals surface area (Å²) in [5, 5.41) is 0. The Morgan fingerprint density at radius 1 is 1.12 bits per heavy atom. The highest BCUT2D eigenvalue weighted by Crippen LogP contribution is 2.32. The molecule has 2 heterocycles. The average molecular weight is 469 g/mol. The van der Waals surface area contributed by atoms with Crippen molar-refractivity contribution < 1.29 is 14.4 Å². The molecule has 0 bridgehead atoms. The van der Waals surface area contributed by atoms with Gasteiger partial charge < -0.3 is 0 Å². The van der Waals surface area contributed by atoms with E-state index in [2.05, 4.69) is 15.8 Å². The summed E-state index contributed by atoms with van der Waals surface area (Å²) in [5.41, 5.74) is 7.27. The molecule has 2 aromatic rings. The Morgan fingerprint density at radius 3 is 2.62 bits per heavy atom. The summed E-state index contributed by atoms with van der Waals surface area (Å²) < 4.78 is 0.559. The predicted molar refractivity (Wildman–Crippen MR) is 129 cm³/mol. The number of rotatable bonds is 8. The van der Waals surface area contributed by atoms with Crippen molar-refractivity contribution in [3.8, 4) is 0 Å². The van der Waals surface area contributed by atoms with Gasteiger partial charge in [0, 0.05) is 25.4 Å². The summed E-state index contributed by atoms with van der Waals surface area (Å²) >= 11 is 6.69. The third-order valence-electron chi connectivity index (χ3n) is 4.77. The topological polar surface area (TPSA) is 91.4 Å². The Bertz CT molecular complexity index is 1020. The van der Waals surface area contributed by atoms with E-state index >= 15 is 0 Å². The smallest absolute Gasteiger partial charge is 0.271 e. The first-order valence-corrected chi connectivity index (χ1v) is 11.5. The van der Waals surface area contributed by atoms with E-state index in [1.54, 1.807) is 23.2 Å². The number of thioether (sulfide) groups is 1. The van der Waals surface area contributed by atoms with E-state index in [4.69, 9.17) is 12.2 Å². The minimum atomic E-state index is -0.417. The average Bonchev–Trinajstić information content (AvgIpc) is 3.06. The lowest BCUT2D eigenvalue weighted by Crippen LogP contribution is -2.41. The highest BCUT2D eigenvalue weighted by Gasteiger charge is 2.31. The van der Waals surface area contributed by atoms with E-state index in [0.717, 1.165) is 18.4 Å². The standard InChI is InChI=1S/C23H24N4O3S2/c1-16-8-10-17(11-9-16)14-19-22(30)27(23(31)32-19)13-4-2-3-7-20(28)25-26-21(29)18-6-5-12-24-15-18/h5-6,8-12,14-15H,2-4,7,13H2,1H3,(H,25,28)(H,26,29)/b19-14-. The van der Waals surface area contributed by atoms with Crippen LogP contribution >= 0.6 is 24.0 Å². The number of nitrogens with zero attached hydrogens (tertiary/aromatic N) is 2. The fourth-order valence-electron chi connectivity index (χ4n) is 3.00. The molecule has 1 aliphatic rings. The predicted octanol–water partition coefficient (Wildman–Crippen LogP) is 3.61. The van der Waals surface area contributed by atoms with Gasteiger partial charge in [0.15, 0.2) is 0 Å². The van der Waals surface area contributed by atoms with Crippen LogP contribution < -0.4 is 10.9 Å². The number of amides is 3. The minimum Gasteiger partial charge on any atom is -0.293 e. The Hall–Kier alpha value is -3.04. The molecule has 9 heteroatoms. The number of benzene rings is 1. The molecule has 1 saturated heterocycles. The lowest BCUT2D eigenvalue weighted by atomic mass is 10.1. The van der Waals surface area contributed by atoms with Gasteiger partial charge in [-0.15, -0.1) is 0 Å². The van der Waals surface area contributed by atoms with Crippen LogP contribution in [0.25, 0.3) is 6.08 Å². The van der Waals surface area contributed by atoms with E-state index in [1.807, 2.05) is 37.3 Å². The molecule has 1 aliphatic heterocycles. The second-order valence-electron chi connectivity index (χ2n) is 7.30. The molecule has 32 heavy (non-hydrogen) atoms. The van der Waals surface area contributed by atoms with Gasteiger partial charge in [-0.2, -0.15) is 0 Å². The number of nitrogens with one attached hydrogen (secondary N) is 2. The van der Waals surface area contributed by atoms with Gasteiger partial charge in [0.25, 0.3) is 11.8 Å². The van der Waals surface area contributed by atoms with Crippen molar-refractivity contribution in [1.29, 1.82) is 0 Å². The number of aryl methyl sites for hydroxylation is 1. The van der Waals surface area contributed by atoms with Crippen LogP contribution in [0.2, 0.25) is 0 Å². The minimum absolute atomic E-state index is 0.0727. The molecule has 3 amide bonds. The summed E-state index contributed by atoms with van der Waals surface area (Å²) in [7, 11) is 0. The molecule has 0 atom stereocenters. The number of hydrazine groups is 1. The zero-order valence-corrected chi connectivity index (χ0v) is 19.3. The van der Waals surface area contributed by atoms with Crippen molar-refractivity contribution in [2.24, 2.45) is 0 Å². The van der Waals surface area contributed by atoms with Crippen molar-refractivity contribution in [2.45, 2.75) is 32.6 Å². The normalized spacial score (nSPS) is 14.7. The van der Waals surface area contributed by atoms with Gasteiger partial charge in [0.05, 0.1) is 10.5 Å². The van der Waals surface area contributed by atoms with E-state index in [0.29, 0.717) is 27.8 Å². The van der Waals surface area contributed by atoms with Crippen LogP contribution in [0.5, 0.6) is 0 Å². The van der Waals surface area contributed by atoms with Gasteiger partial charge in [-0.05, 0) is 43.5 Å². The Kier molecular flexibility index (Phi) is 8.52. The highest BCUT2D eigenvalue weighted by molar-refractivity contribution is 8.26. The van der Waals surface area contributed by atoms with Gasteiger partial charge >= 0.3 is 0 Å². The maximum absolute atomic E-state index is 12.7. The lowest BCUT2D eigenvalue weighted by Gasteiger charge is -2.14. The Morgan fingerprint density at radius 2 is 1.91 bits per heavy atom. The van der Waals surface area contributed by atoms with Gasteiger partial charge in [-0.3, -0.25) is 35.1 Å². The molecular weight excluding hydrogens is 444 g/mol. The number of hydrogen-bond acceptors (Lipinski definition) is 6. The van der Waals surface area contributed by atoms with Crippen LogP contribution in [-0.2, 0) is 9.59 Å². The fraction of sp³-hybridized carbons (Fsp3) is 0.261. The molecule has 2 N–H and O–H groups in total. The van der Waals surface area contributed by atoms with Crippen molar-refractivity contribution in [2.75, 3.05) is 6.54 Å². The number of thiocarbonyl (C=S) groups is 1. The first-order chi connectivity index (χ1) is 15.4. The highest BCUT2D eigenvalue weighted by atomic mass is 32.2. The van der Waals surface area contributed by atoms with Gasteiger partial charge in [-0.1, -0.05) is 60.2 Å². The number of hydrogen-bond donors (Lipinski definition) is 2. The molecule has 166 valence electrons. The summed E-state index contributed by atoms with van der Waals surface area (Å²) in [6.45, 7) is 2.54. The molecule has 1 fully saturated rings. The largest absolute Gasteiger partial charge is 0.293 e. The Balaban J connectivity index is 1.36. The van der Waals surface area contributed by atoms with Crippen molar-refractivity contribution in [3.05, 3.63) is 70.4 Å². The molecule has 1 aromatic heterocycles. The summed E-state index contributed by atoms with van der Waals surface area (Å²) in [6, 6.07) is 11.2. The maximum Gasteiger partial charge on any atom is 0.271 e. The first kappa shape index (κ1) is 23.6. The van der Waals surface area contributed by atoms with Crippen LogP contribution in [0.4, 0.5) is 0 Å². The number of unbranched alkanes of at least 4 members (excludes halogenated alkanes) is 2. The molecule has 0 aliphatic carbocycles. The van der Waals surface area contributed by atoms with Crippen molar-refractivity contribution in [1.82, 2.24) is 20.7 Å². The lowest BCUT2D eigenvalue weighted by molar-refractivity contribution is -0.123. The van der Waals surface area contributed by atoms with Crippen molar-refractivity contribution in [3.63, 3.8) is 0 Å². The van der Waals surface area contributed by atoms with E-state index in [9.17, 15) is 14.4 Å². The van der Waals surface area contributed by atoms with Gasteiger partial charge in [-0.25, -0.2) is 0 Å². The van der Waals surface area contributed by atoms with Crippen LogP contribution in [0.15, 0.2) is 53.7 Å². The van der Waals surface area contributed by atoms with Crippen LogP contribution in [0, 0.1) is 6.92 Å². The quantitative estimate of drug-likeness (QED) is 0.266. The maximum atomic E-state index is 12.7. The number of carbonyl (C=O) groups is 3. The van der Waals surface area contributed by atoms with Crippen LogP contribution in [-0.4, -0.2) is 38.5 Å². The fourth-order valence-corrected chi connectivity index (χ4v) is 4.31. The Labute approximate surface area is 196 Å². The molecule has 0 spiro atoms. The third-order valence-corrected chi connectivity index (χ3v) is 6.15. The molecule has 0 saturated carbocycles. The van der Waals surface area contributed by atoms with Crippen LogP contribution in [0.3, 0.4) is 0 Å². The summed E-state index contributed by atoms with van der Waals surface area (Å²) in [6.07, 6.45) is 7.27. The number of aromatic nitrogens is 1. The monoisotopic (exact) mass is 468 g/mol. The molecular formula is C23H24N4O3S2. The summed E-state index contributed by atoms with van der Waals surface area (Å²) in [4.78, 5) is 42.5. The summed E-state index contributed by atoms with van der Waals surface area (Å²) in [5.74, 6) is -0.759. The zero-order valence-electron chi connectivity index (χ0n) is 17.7. The number of pyridine rings is 1. The second kappa shape index (κ2) is 11.5. The van der Waals surface area contributed by atoms with Crippen LogP contribution in [0.1, 0.15) is 47.2 Å². The third kappa shape index (κ3) is 6.73. The van der Waals surface area contributed by atoms with Crippen molar-refractivity contribution >= 4 is 52.1 Å². The second-order valence-corrected chi connectivity index (χ2v) is 8.97.